The van der Waals surface area contributed by atoms with Gasteiger partial charge in [0.05, 0.1) is 11.7 Å². The van der Waals surface area contributed by atoms with Crippen molar-refractivity contribution < 1.29 is 9.59 Å². The summed E-state index contributed by atoms with van der Waals surface area (Å²) < 4.78 is 0. The smallest absolute Gasteiger partial charge is 0.229 e. The quantitative estimate of drug-likeness (QED) is 0.860. The number of hydrogen-bond donors (Lipinski definition) is 2. The Morgan fingerprint density at radius 3 is 2.72 bits per heavy atom. The van der Waals surface area contributed by atoms with E-state index in [2.05, 4.69) is 15.5 Å². The van der Waals surface area contributed by atoms with E-state index in [1.54, 1.807) is 17.0 Å². The third-order valence-electron chi connectivity index (χ3n) is 4.51. The Balaban J connectivity index is 1.54. The summed E-state index contributed by atoms with van der Waals surface area (Å²) in [7, 11) is 0. The molecule has 0 saturated carbocycles. The maximum atomic E-state index is 12.2. The van der Waals surface area contributed by atoms with Crippen LogP contribution in [0.5, 0.6) is 0 Å². The zero-order valence-corrected chi connectivity index (χ0v) is 15.1. The van der Waals surface area contributed by atoms with E-state index < -0.39 is 0 Å². The Morgan fingerprint density at radius 1 is 1.36 bits per heavy atom. The fraction of sp³-hybridized carbons (Fsp3) is 0.389. The monoisotopic (exact) mass is 360 g/mol. The predicted octanol–water partition coefficient (Wildman–Crippen LogP) is 2.53. The normalized spacial score (nSPS) is 17.2. The molecular weight excluding hydrogens is 340 g/mol. The number of aryl methyl sites for hydroxylation is 2. The number of H-pyrrole nitrogens is 1. The summed E-state index contributed by atoms with van der Waals surface area (Å²) in [5.41, 5.74) is 3.81. The van der Waals surface area contributed by atoms with Gasteiger partial charge >= 0.3 is 0 Å². The molecule has 1 unspecified atom stereocenters. The van der Waals surface area contributed by atoms with E-state index in [4.69, 9.17) is 11.6 Å². The lowest BCUT2D eigenvalue weighted by Gasteiger charge is -2.17. The summed E-state index contributed by atoms with van der Waals surface area (Å²) in [6.07, 6.45) is 1.34. The Labute approximate surface area is 151 Å². The second kappa shape index (κ2) is 7.27. The van der Waals surface area contributed by atoms with Crippen molar-refractivity contribution in [3.8, 4) is 0 Å². The van der Waals surface area contributed by atoms with Gasteiger partial charge in [-0.05, 0) is 50.1 Å². The van der Waals surface area contributed by atoms with E-state index in [1.807, 2.05) is 26.0 Å². The van der Waals surface area contributed by atoms with E-state index in [9.17, 15) is 9.59 Å². The molecule has 1 aliphatic rings. The lowest BCUT2D eigenvalue weighted by Crippen LogP contribution is -2.37. The summed E-state index contributed by atoms with van der Waals surface area (Å²) in [5, 5.41) is 10.7. The molecule has 2 amide bonds. The standard InChI is InChI=1S/C18H21ClN4O2/c1-11-16(12(2)22-21-11)7-8-17(24)20-14-9-18(25)23(10-14)15-5-3-13(19)4-6-15/h3-6,14H,7-10H2,1-2H3,(H,20,24)(H,21,22). The number of aromatic amines is 1. The van der Waals surface area contributed by atoms with Gasteiger partial charge < -0.3 is 10.2 Å². The van der Waals surface area contributed by atoms with Crippen molar-refractivity contribution in [3.63, 3.8) is 0 Å². The third kappa shape index (κ3) is 4.02. The van der Waals surface area contributed by atoms with Crippen LogP contribution in [0.25, 0.3) is 0 Å². The van der Waals surface area contributed by atoms with Crippen LogP contribution in [-0.2, 0) is 16.0 Å². The van der Waals surface area contributed by atoms with Crippen LogP contribution in [-0.4, -0.2) is 34.6 Å². The van der Waals surface area contributed by atoms with Crippen molar-refractivity contribution in [2.45, 2.75) is 39.2 Å². The van der Waals surface area contributed by atoms with Crippen LogP contribution in [0.3, 0.4) is 0 Å². The molecular formula is C18H21ClN4O2. The van der Waals surface area contributed by atoms with Crippen LogP contribution in [0.4, 0.5) is 5.69 Å². The van der Waals surface area contributed by atoms with Gasteiger partial charge in [0, 0.05) is 35.8 Å². The van der Waals surface area contributed by atoms with Gasteiger partial charge in [-0.15, -0.1) is 0 Å². The summed E-state index contributed by atoms with van der Waals surface area (Å²) in [6.45, 7) is 4.36. The Hall–Kier alpha value is -2.34. The Bertz CT molecular complexity index is 765. The van der Waals surface area contributed by atoms with Gasteiger partial charge in [-0.1, -0.05) is 11.6 Å². The lowest BCUT2D eigenvalue weighted by atomic mass is 10.1. The Morgan fingerprint density at radius 2 is 2.08 bits per heavy atom. The average Bonchev–Trinajstić information content (AvgIpc) is 3.09. The number of hydrogen-bond acceptors (Lipinski definition) is 3. The van der Waals surface area contributed by atoms with Gasteiger partial charge in [0.1, 0.15) is 0 Å². The van der Waals surface area contributed by atoms with Crippen molar-refractivity contribution in [2.24, 2.45) is 0 Å². The van der Waals surface area contributed by atoms with E-state index in [0.717, 1.165) is 22.6 Å². The molecule has 6 nitrogen and oxygen atoms in total. The maximum absolute atomic E-state index is 12.2. The molecule has 2 N–H and O–H groups in total. The Kier molecular flexibility index (Phi) is 5.08. The molecule has 7 heteroatoms. The second-order valence-electron chi connectivity index (χ2n) is 6.36. The van der Waals surface area contributed by atoms with Crippen LogP contribution >= 0.6 is 11.6 Å². The number of nitrogens with one attached hydrogen (secondary N) is 2. The molecule has 1 fully saturated rings. The molecule has 0 aliphatic carbocycles. The number of rotatable bonds is 5. The zero-order chi connectivity index (χ0) is 18.0. The zero-order valence-electron chi connectivity index (χ0n) is 14.3. The number of halogens is 1. The molecule has 1 aliphatic heterocycles. The van der Waals surface area contributed by atoms with Gasteiger partial charge in [-0.2, -0.15) is 5.10 Å². The van der Waals surface area contributed by atoms with Crippen molar-refractivity contribution in [1.82, 2.24) is 15.5 Å². The topological polar surface area (TPSA) is 78.1 Å². The van der Waals surface area contributed by atoms with Gasteiger partial charge in [-0.3, -0.25) is 14.7 Å². The summed E-state index contributed by atoms with van der Waals surface area (Å²) >= 11 is 5.88. The van der Waals surface area contributed by atoms with Crippen molar-refractivity contribution in [3.05, 3.63) is 46.2 Å². The van der Waals surface area contributed by atoms with Crippen LogP contribution in [0.1, 0.15) is 29.8 Å². The number of nitrogens with zero attached hydrogens (tertiary/aromatic N) is 2. The molecule has 2 heterocycles. The van der Waals surface area contributed by atoms with Gasteiger partial charge in [-0.25, -0.2) is 0 Å². The summed E-state index contributed by atoms with van der Waals surface area (Å²) in [6, 6.07) is 6.98. The molecule has 1 aromatic heterocycles. The number of benzene rings is 1. The summed E-state index contributed by atoms with van der Waals surface area (Å²) in [5.74, 6) is -0.0371. The fourth-order valence-corrected chi connectivity index (χ4v) is 3.28. The highest BCUT2D eigenvalue weighted by Gasteiger charge is 2.31. The molecule has 25 heavy (non-hydrogen) atoms. The van der Waals surface area contributed by atoms with Gasteiger partial charge in [0.2, 0.25) is 11.8 Å². The molecule has 3 rings (SSSR count). The first-order valence-electron chi connectivity index (χ1n) is 8.30. The van der Waals surface area contributed by atoms with Gasteiger partial charge in [0.15, 0.2) is 0 Å². The number of anilines is 1. The van der Waals surface area contributed by atoms with Crippen LogP contribution < -0.4 is 10.2 Å². The first-order valence-corrected chi connectivity index (χ1v) is 8.67. The van der Waals surface area contributed by atoms with Crippen LogP contribution in [0, 0.1) is 13.8 Å². The van der Waals surface area contributed by atoms with Crippen molar-refractivity contribution >= 4 is 29.1 Å². The predicted molar refractivity (Wildman–Crippen MR) is 96.7 cm³/mol. The van der Waals surface area contributed by atoms with Crippen molar-refractivity contribution in [1.29, 1.82) is 0 Å². The number of aromatic nitrogens is 2. The molecule has 1 saturated heterocycles. The average molecular weight is 361 g/mol. The van der Waals surface area contributed by atoms with E-state index in [-0.39, 0.29) is 17.9 Å². The molecule has 1 aromatic carbocycles. The van der Waals surface area contributed by atoms with Crippen molar-refractivity contribution in [2.75, 3.05) is 11.4 Å². The van der Waals surface area contributed by atoms with E-state index >= 15 is 0 Å². The third-order valence-corrected chi connectivity index (χ3v) is 4.76. The minimum atomic E-state index is -0.165. The number of amides is 2. The van der Waals surface area contributed by atoms with Crippen LogP contribution in [0.15, 0.2) is 24.3 Å². The highest BCUT2D eigenvalue weighted by atomic mass is 35.5. The first-order chi connectivity index (χ1) is 11.9. The number of carbonyl (C=O) groups is 2. The maximum Gasteiger partial charge on any atom is 0.229 e. The second-order valence-corrected chi connectivity index (χ2v) is 6.80. The fourth-order valence-electron chi connectivity index (χ4n) is 3.16. The highest BCUT2D eigenvalue weighted by molar-refractivity contribution is 6.30. The van der Waals surface area contributed by atoms with Gasteiger partial charge in [0.25, 0.3) is 0 Å². The minimum absolute atomic E-state index is 0.00847. The van der Waals surface area contributed by atoms with E-state index in [0.29, 0.717) is 30.8 Å². The molecule has 0 bridgehead atoms. The van der Waals surface area contributed by atoms with E-state index in [1.165, 1.54) is 0 Å². The number of carbonyl (C=O) groups excluding carboxylic acids is 2. The minimum Gasteiger partial charge on any atom is -0.351 e. The van der Waals surface area contributed by atoms with Crippen LogP contribution in [0.2, 0.25) is 5.02 Å². The summed E-state index contributed by atoms with van der Waals surface area (Å²) in [4.78, 5) is 26.1. The first kappa shape index (κ1) is 17.5. The largest absolute Gasteiger partial charge is 0.351 e. The molecule has 0 radical (unpaired) electrons. The molecule has 2 aromatic rings. The SMILES string of the molecule is Cc1n[nH]c(C)c1CCC(=O)NC1CC(=O)N(c2ccc(Cl)cc2)C1. The molecule has 1 atom stereocenters. The highest BCUT2D eigenvalue weighted by Crippen LogP contribution is 2.23. The molecule has 132 valence electrons. The lowest BCUT2D eigenvalue weighted by molar-refractivity contribution is -0.121. The molecule has 0 spiro atoms.